The molecule has 0 saturated heterocycles. The van der Waals surface area contributed by atoms with Crippen LogP contribution in [0.15, 0.2) is 41.4 Å². The molecule has 2 rings (SSSR count). The number of nitrogens with one attached hydrogen (secondary N) is 2. The summed E-state index contributed by atoms with van der Waals surface area (Å²) in [5, 5.41) is 6.21. The van der Waals surface area contributed by atoms with E-state index in [4.69, 9.17) is 4.84 Å². The van der Waals surface area contributed by atoms with E-state index < -0.39 is 10.0 Å². The highest BCUT2D eigenvalue weighted by Gasteiger charge is 2.18. The van der Waals surface area contributed by atoms with Crippen molar-refractivity contribution in [3.05, 3.63) is 47.8 Å². The molecule has 2 N–H and O–H groups in total. The van der Waals surface area contributed by atoms with Crippen LogP contribution in [-0.2, 0) is 21.5 Å². The van der Waals surface area contributed by atoms with E-state index in [0.717, 1.165) is 5.56 Å². The molecule has 0 amide bonds. The third kappa shape index (κ3) is 2.95. The van der Waals surface area contributed by atoms with E-state index in [1.165, 1.54) is 6.20 Å². The highest BCUT2D eigenvalue weighted by molar-refractivity contribution is 7.89. The number of H-pyrrole nitrogens is 1. The molecule has 1 aromatic heterocycles. The van der Waals surface area contributed by atoms with Crippen molar-refractivity contribution >= 4 is 10.0 Å². The van der Waals surface area contributed by atoms with Gasteiger partial charge in [-0.3, -0.25) is 9.94 Å². The maximum absolute atomic E-state index is 11.8. The summed E-state index contributed by atoms with van der Waals surface area (Å²) in [4.78, 5) is 7.13. The Morgan fingerprint density at radius 3 is 2.67 bits per heavy atom. The zero-order chi connectivity index (χ0) is 13.0. The molecule has 96 valence electrons. The standard InChI is InChI=1S/C11H13N3O3S/c1-9-11(7-12-13-9)18(15,16)14-17-8-10-5-3-2-4-6-10/h2-7,14H,8H2,1H3,(H,12,13). The van der Waals surface area contributed by atoms with Gasteiger partial charge in [0.15, 0.2) is 0 Å². The van der Waals surface area contributed by atoms with Gasteiger partial charge in [-0.2, -0.15) is 5.10 Å². The third-order valence-electron chi connectivity index (χ3n) is 2.32. The minimum Gasteiger partial charge on any atom is -0.282 e. The maximum atomic E-state index is 11.8. The fourth-order valence-corrected chi connectivity index (χ4v) is 2.36. The molecule has 0 aliphatic heterocycles. The van der Waals surface area contributed by atoms with Gasteiger partial charge in [-0.15, -0.1) is 0 Å². The van der Waals surface area contributed by atoms with Gasteiger partial charge in [-0.05, 0) is 12.5 Å². The molecule has 0 spiro atoms. The molecule has 7 heteroatoms. The molecular weight excluding hydrogens is 254 g/mol. The zero-order valence-electron chi connectivity index (χ0n) is 9.75. The van der Waals surface area contributed by atoms with Crippen molar-refractivity contribution in [3.8, 4) is 0 Å². The van der Waals surface area contributed by atoms with Crippen LogP contribution in [-0.4, -0.2) is 18.6 Å². The van der Waals surface area contributed by atoms with Crippen molar-refractivity contribution in [2.45, 2.75) is 18.4 Å². The molecule has 0 unspecified atom stereocenters. The van der Waals surface area contributed by atoms with Crippen molar-refractivity contribution in [2.75, 3.05) is 0 Å². The fourth-order valence-electron chi connectivity index (χ4n) is 1.42. The summed E-state index contributed by atoms with van der Waals surface area (Å²) in [6.07, 6.45) is 1.24. The molecule has 1 heterocycles. The van der Waals surface area contributed by atoms with Gasteiger partial charge in [0.05, 0.1) is 18.5 Å². The quantitative estimate of drug-likeness (QED) is 0.795. The van der Waals surface area contributed by atoms with Crippen LogP contribution in [0, 0.1) is 6.92 Å². The lowest BCUT2D eigenvalue weighted by molar-refractivity contribution is 0.0795. The number of rotatable bonds is 5. The Hall–Kier alpha value is -1.70. The van der Waals surface area contributed by atoms with Crippen LogP contribution in [0.5, 0.6) is 0 Å². The van der Waals surface area contributed by atoms with Crippen molar-refractivity contribution < 1.29 is 13.3 Å². The van der Waals surface area contributed by atoms with E-state index in [1.807, 2.05) is 30.3 Å². The molecule has 18 heavy (non-hydrogen) atoms. The Kier molecular flexibility index (Phi) is 3.75. The maximum Gasteiger partial charge on any atom is 0.265 e. The first-order valence-electron chi connectivity index (χ1n) is 5.27. The second-order valence-corrected chi connectivity index (χ2v) is 5.33. The Bertz CT molecular complexity index is 607. The summed E-state index contributed by atoms with van der Waals surface area (Å²) < 4.78 is 23.6. The van der Waals surface area contributed by atoms with E-state index in [0.29, 0.717) is 5.69 Å². The molecule has 0 aliphatic carbocycles. The second-order valence-electron chi connectivity index (χ2n) is 3.72. The number of hydrogen-bond donors (Lipinski definition) is 2. The van der Waals surface area contributed by atoms with Gasteiger partial charge in [0.25, 0.3) is 10.0 Å². The van der Waals surface area contributed by atoms with Crippen LogP contribution >= 0.6 is 0 Å². The van der Waals surface area contributed by atoms with Crippen LogP contribution in [0.4, 0.5) is 0 Å². The van der Waals surface area contributed by atoms with Gasteiger partial charge in [0, 0.05) is 0 Å². The van der Waals surface area contributed by atoms with Crippen LogP contribution < -0.4 is 4.89 Å². The minimum atomic E-state index is -3.68. The van der Waals surface area contributed by atoms with Crippen LogP contribution in [0.25, 0.3) is 0 Å². The zero-order valence-corrected chi connectivity index (χ0v) is 10.6. The Morgan fingerprint density at radius 1 is 1.33 bits per heavy atom. The third-order valence-corrected chi connectivity index (χ3v) is 3.65. The first-order chi connectivity index (χ1) is 8.59. The monoisotopic (exact) mass is 267 g/mol. The molecule has 0 bridgehead atoms. The van der Waals surface area contributed by atoms with E-state index in [2.05, 4.69) is 15.1 Å². The van der Waals surface area contributed by atoms with Crippen LogP contribution in [0.2, 0.25) is 0 Å². The summed E-state index contributed by atoms with van der Waals surface area (Å²) in [5.41, 5.74) is 1.34. The van der Waals surface area contributed by atoms with Gasteiger partial charge in [-0.25, -0.2) is 8.42 Å². The summed E-state index contributed by atoms with van der Waals surface area (Å²) in [7, 11) is -3.68. The minimum absolute atomic E-state index is 0.0792. The number of nitrogens with zero attached hydrogens (tertiary/aromatic N) is 1. The number of aromatic nitrogens is 2. The molecular formula is C11H13N3O3S. The van der Waals surface area contributed by atoms with Crippen molar-refractivity contribution in [2.24, 2.45) is 0 Å². The predicted octanol–water partition coefficient (Wildman–Crippen LogP) is 1.13. The summed E-state index contributed by atoms with van der Waals surface area (Å²) in [6, 6.07) is 9.28. The lowest BCUT2D eigenvalue weighted by atomic mass is 10.2. The molecule has 1 aromatic carbocycles. The SMILES string of the molecule is Cc1[nH]ncc1S(=O)(=O)NOCc1ccccc1. The molecule has 0 fully saturated rings. The largest absolute Gasteiger partial charge is 0.282 e. The first-order valence-corrected chi connectivity index (χ1v) is 6.75. The summed E-state index contributed by atoms with van der Waals surface area (Å²) in [5.74, 6) is 0. The van der Waals surface area contributed by atoms with Crippen molar-refractivity contribution in [1.82, 2.24) is 15.1 Å². The Morgan fingerprint density at radius 2 is 2.06 bits per heavy atom. The normalized spacial score (nSPS) is 11.6. The van der Waals surface area contributed by atoms with Gasteiger partial charge in [0.1, 0.15) is 4.90 Å². The van der Waals surface area contributed by atoms with Crippen molar-refractivity contribution in [1.29, 1.82) is 0 Å². The smallest absolute Gasteiger partial charge is 0.265 e. The average Bonchev–Trinajstić information content (AvgIpc) is 2.77. The molecule has 0 saturated carbocycles. The topological polar surface area (TPSA) is 84.1 Å². The van der Waals surface area contributed by atoms with E-state index in [-0.39, 0.29) is 11.5 Å². The second kappa shape index (κ2) is 5.30. The molecule has 6 nitrogen and oxygen atoms in total. The molecule has 0 radical (unpaired) electrons. The fraction of sp³-hybridized carbons (Fsp3) is 0.182. The van der Waals surface area contributed by atoms with Gasteiger partial charge >= 0.3 is 0 Å². The highest BCUT2D eigenvalue weighted by Crippen LogP contribution is 2.10. The number of aryl methyl sites for hydroxylation is 1. The first kappa shape index (κ1) is 12.7. The van der Waals surface area contributed by atoms with Gasteiger partial charge in [0.2, 0.25) is 0 Å². The lowest BCUT2D eigenvalue weighted by Crippen LogP contribution is -2.24. The number of hydrogen-bond acceptors (Lipinski definition) is 4. The number of sulfonamides is 1. The number of aromatic amines is 1. The van der Waals surface area contributed by atoms with Crippen LogP contribution in [0.1, 0.15) is 11.3 Å². The Balaban J connectivity index is 1.97. The lowest BCUT2D eigenvalue weighted by Gasteiger charge is -2.06. The van der Waals surface area contributed by atoms with E-state index in [9.17, 15) is 8.42 Å². The van der Waals surface area contributed by atoms with E-state index in [1.54, 1.807) is 6.92 Å². The summed E-state index contributed by atoms with van der Waals surface area (Å²) in [6.45, 7) is 1.79. The van der Waals surface area contributed by atoms with E-state index >= 15 is 0 Å². The van der Waals surface area contributed by atoms with Crippen molar-refractivity contribution in [3.63, 3.8) is 0 Å². The number of benzene rings is 1. The molecule has 2 aromatic rings. The van der Waals surface area contributed by atoms with Crippen LogP contribution in [0.3, 0.4) is 0 Å². The Labute approximate surface area is 105 Å². The molecule has 0 aliphatic rings. The van der Waals surface area contributed by atoms with Gasteiger partial charge < -0.3 is 0 Å². The average molecular weight is 267 g/mol. The molecule has 0 atom stereocenters. The summed E-state index contributed by atoms with van der Waals surface area (Å²) >= 11 is 0. The predicted molar refractivity (Wildman–Crippen MR) is 64.9 cm³/mol. The van der Waals surface area contributed by atoms with Gasteiger partial charge in [-0.1, -0.05) is 35.2 Å². The highest BCUT2D eigenvalue weighted by atomic mass is 32.2.